The van der Waals surface area contributed by atoms with Gasteiger partial charge in [-0.25, -0.2) is 9.78 Å². The first kappa shape index (κ1) is 15.0. The Kier molecular flexibility index (Phi) is 4.42. The van der Waals surface area contributed by atoms with E-state index in [1.54, 1.807) is 13.0 Å². The van der Waals surface area contributed by atoms with Crippen LogP contribution < -0.4 is 11.1 Å². The minimum Gasteiger partial charge on any atom is -0.462 e. The Morgan fingerprint density at radius 1 is 1.41 bits per heavy atom. The van der Waals surface area contributed by atoms with Gasteiger partial charge in [0.05, 0.1) is 12.0 Å². The van der Waals surface area contributed by atoms with Gasteiger partial charge in [-0.2, -0.15) is 4.98 Å². The fourth-order valence-electron chi connectivity index (χ4n) is 2.79. The van der Waals surface area contributed by atoms with Crippen LogP contribution in [0.25, 0.3) is 10.2 Å². The molecular formula is C15H20N4O2S. The number of aromatic nitrogens is 2. The minimum atomic E-state index is -0.326. The van der Waals surface area contributed by atoms with Crippen LogP contribution in [0.5, 0.6) is 0 Å². The number of thiophene rings is 1. The van der Waals surface area contributed by atoms with Gasteiger partial charge < -0.3 is 15.8 Å². The lowest BCUT2D eigenvalue weighted by Gasteiger charge is -2.23. The lowest BCUT2D eigenvalue weighted by Crippen LogP contribution is -2.23. The number of nitrogens with zero attached hydrogens (tertiary/aromatic N) is 2. The van der Waals surface area contributed by atoms with Crippen molar-refractivity contribution < 1.29 is 9.53 Å². The first-order chi connectivity index (χ1) is 10.7. The van der Waals surface area contributed by atoms with Gasteiger partial charge in [-0.15, -0.1) is 11.3 Å². The number of nitrogens with one attached hydrogen (secondary N) is 1. The predicted molar refractivity (Wildman–Crippen MR) is 88.3 cm³/mol. The molecule has 1 saturated carbocycles. The first-order valence-corrected chi connectivity index (χ1v) is 8.49. The van der Waals surface area contributed by atoms with Gasteiger partial charge >= 0.3 is 5.97 Å². The molecule has 0 aliphatic heterocycles. The normalized spacial score (nSPS) is 15.9. The van der Waals surface area contributed by atoms with Crippen LogP contribution in [0.2, 0.25) is 0 Å². The van der Waals surface area contributed by atoms with E-state index in [2.05, 4.69) is 15.3 Å². The number of carbonyl (C=O) groups is 1. The standard InChI is InChI=1S/C15H20N4O2S/c1-2-21-14(20)11-8-10-12(17-9-6-4-3-5-7-9)18-15(16)19-13(10)22-11/h8-9H,2-7H2,1H3,(H3,16,17,18,19). The topological polar surface area (TPSA) is 90.1 Å². The van der Waals surface area contributed by atoms with Gasteiger partial charge in [0.1, 0.15) is 15.5 Å². The van der Waals surface area contributed by atoms with Crippen LogP contribution in [0, 0.1) is 0 Å². The second kappa shape index (κ2) is 6.48. The monoisotopic (exact) mass is 320 g/mol. The summed E-state index contributed by atoms with van der Waals surface area (Å²) in [5.74, 6) is 0.622. The van der Waals surface area contributed by atoms with Gasteiger partial charge in [0.15, 0.2) is 0 Å². The highest BCUT2D eigenvalue weighted by Gasteiger charge is 2.19. The summed E-state index contributed by atoms with van der Waals surface area (Å²) in [5.41, 5.74) is 5.80. The Bertz CT molecular complexity index is 679. The number of carbonyl (C=O) groups excluding carboxylic acids is 1. The Morgan fingerprint density at radius 2 is 2.18 bits per heavy atom. The number of hydrogen-bond donors (Lipinski definition) is 2. The lowest BCUT2D eigenvalue weighted by molar-refractivity contribution is 0.0532. The first-order valence-electron chi connectivity index (χ1n) is 7.68. The van der Waals surface area contributed by atoms with Crippen molar-refractivity contribution >= 4 is 39.3 Å². The molecule has 0 amide bonds. The molecule has 3 N–H and O–H groups in total. The molecule has 2 heterocycles. The fourth-order valence-corrected chi connectivity index (χ4v) is 3.72. The zero-order valence-electron chi connectivity index (χ0n) is 12.6. The zero-order chi connectivity index (χ0) is 15.5. The number of anilines is 2. The highest BCUT2D eigenvalue weighted by molar-refractivity contribution is 7.20. The third-order valence-corrected chi connectivity index (χ3v) is 4.84. The Balaban J connectivity index is 1.92. The van der Waals surface area contributed by atoms with Crippen LogP contribution in [-0.2, 0) is 4.74 Å². The molecule has 0 saturated heterocycles. The molecule has 0 bridgehead atoms. The maximum absolute atomic E-state index is 11.9. The highest BCUT2D eigenvalue weighted by Crippen LogP contribution is 2.31. The Hall–Kier alpha value is -1.89. The number of rotatable bonds is 4. The van der Waals surface area contributed by atoms with Crippen molar-refractivity contribution in [3.05, 3.63) is 10.9 Å². The molecule has 6 nitrogen and oxygen atoms in total. The average molecular weight is 320 g/mol. The summed E-state index contributed by atoms with van der Waals surface area (Å²) in [4.78, 5) is 21.7. The summed E-state index contributed by atoms with van der Waals surface area (Å²) in [6.07, 6.45) is 6.05. The van der Waals surface area contributed by atoms with Crippen LogP contribution in [0.15, 0.2) is 6.07 Å². The number of fused-ring (bicyclic) bond motifs is 1. The van der Waals surface area contributed by atoms with E-state index in [1.165, 1.54) is 30.6 Å². The molecule has 0 radical (unpaired) electrons. The van der Waals surface area contributed by atoms with E-state index in [9.17, 15) is 4.79 Å². The number of hydrogen-bond acceptors (Lipinski definition) is 7. The number of ether oxygens (including phenoxy) is 1. The summed E-state index contributed by atoms with van der Waals surface area (Å²) >= 11 is 1.29. The molecular weight excluding hydrogens is 300 g/mol. The maximum Gasteiger partial charge on any atom is 0.348 e. The number of nitrogen functional groups attached to an aromatic ring is 1. The molecule has 3 rings (SSSR count). The van der Waals surface area contributed by atoms with E-state index in [0.717, 1.165) is 24.0 Å². The predicted octanol–water partition coefficient (Wildman–Crippen LogP) is 3.19. The lowest BCUT2D eigenvalue weighted by atomic mass is 9.95. The molecule has 0 spiro atoms. The summed E-state index contributed by atoms with van der Waals surface area (Å²) in [6.45, 7) is 2.15. The third kappa shape index (κ3) is 3.14. The van der Waals surface area contributed by atoms with Gasteiger partial charge in [0.25, 0.3) is 0 Å². The third-order valence-electron chi connectivity index (χ3n) is 3.83. The summed E-state index contributed by atoms with van der Waals surface area (Å²) in [5, 5.41) is 4.31. The van der Waals surface area contributed by atoms with E-state index in [0.29, 0.717) is 22.4 Å². The summed E-state index contributed by atoms with van der Waals surface area (Å²) in [7, 11) is 0. The van der Waals surface area contributed by atoms with Crippen molar-refractivity contribution in [1.29, 1.82) is 0 Å². The number of esters is 1. The molecule has 2 aromatic rings. The van der Waals surface area contributed by atoms with Gasteiger partial charge in [-0.3, -0.25) is 0 Å². The van der Waals surface area contributed by atoms with Crippen molar-refractivity contribution in [1.82, 2.24) is 9.97 Å². The fraction of sp³-hybridized carbons (Fsp3) is 0.533. The number of nitrogens with two attached hydrogens (primary N) is 1. The van der Waals surface area contributed by atoms with E-state index < -0.39 is 0 Å². The Labute approximate surface area is 133 Å². The molecule has 0 atom stereocenters. The second-order valence-corrected chi connectivity index (χ2v) is 6.49. The molecule has 22 heavy (non-hydrogen) atoms. The SMILES string of the molecule is CCOC(=O)c1cc2c(NC3CCCCC3)nc(N)nc2s1. The molecule has 2 aromatic heterocycles. The van der Waals surface area contributed by atoms with Crippen molar-refractivity contribution in [2.45, 2.75) is 45.1 Å². The molecule has 7 heteroatoms. The van der Waals surface area contributed by atoms with Crippen molar-refractivity contribution in [3.63, 3.8) is 0 Å². The van der Waals surface area contributed by atoms with Crippen LogP contribution in [-0.4, -0.2) is 28.6 Å². The van der Waals surface area contributed by atoms with E-state index in [4.69, 9.17) is 10.5 Å². The average Bonchev–Trinajstić information content (AvgIpc) is 2.92. The van der Waals surface area contributed by atoms with Crippen LogP contribution in [0.4, 0.5) is 11.8 Å². The molecule has 1 aliphatic rings. The van der Waals surface area contributed by atoms with Gasteiger partial charge in [0.2, 0.25) is 5.95 Å². The van der Waals surface area contributed by atoms with E-state index in [1.807, 2.05) is 0 Å². The van der Waals surface area contributed by atoms with Crippen molar-refractivity contribution in [2.24, 2.45) is 0 Å². The smallest absolute Gasteiger partial charge is 0.348 e. The molecule has 118 valence electrons. The molecule has 1 aliphatic carbocycles. The largest absolute Gasteiger partial charge is 0.462 e. The van der Waals surface area contributed by atoms with Crippen molar-refractivity contribution in [2.75, 3.05) is 17.7 Å². The summed E-state index contributed by atoms with van der Waals surface area (Å²) in [6, 6.07) is 2.21. The van der Waals surface area contributed by atoms with Crippen LogP contribution in [0.3, 0.4) is 0 Å². The van der Waals surface area contributed by atoms with Crippen molar-refractivity contribution in [3.8, 4) is 0 Å². The van der Waals surface area contributed by atoms with Crippen LogP contribution in [0.1, 0.15) is 48.7 Å². The van der Waals surface area contributed by atoms with Gasteiger partial charge in [-0.05, 0) is 25.8 Å². The highest BCUT2D eigenvalue weighted by atomic mass is 32.1. The molecule has 1 fully saturated rings. The van der Waals surface area contributed by atoms with Gasteiger partial charge in [-0.1, -0.05) is 19.3 Å². The maximum atomic E-state index is 11.9. The minimum absolute atomic E-state index is 0.225. The Morgan fingerprint density at radius 3 is 2.91 bits per heavy atom. The quantitative estimate of drug-likeness (QED) is 0.841. The molecule has 0 aromatic carbocycles. The van der Waals surface area contributed by atoms with E-state index >= 15 is 0 Å². The van der Waals surface area contributed by atoms with E-state index in [-0.39, 0.29) is 11.9 Å². The molecule has 0 unspecified atom stereocenters. The van der Waals surface area contributed by atoms with Gasteiger partial charge in [0, 0.05) is 6.04 Å². The zero-order valence-corrected chi connectivity index (χ0v) is 13.4. The van der Waals surface area contributed by atoms with Crippen LogP contribution >= 0.6 is 11.3 Å². The second-order valence-electron chi connectivity index (χ2n) is 5.46. The summed E-state index contributed by atoms with van der Waals surface area (Å²) < 4.78 is 5.05.